The van der Waals surface area contributed by atoms with Gasteiger partial charge in [0.05, 0.1) is 11.2 Å². The molecule has 1 aromatic heterocycles. The number of amides is 1. The lowest BCUT2D eigenvalue weighted by Gasteiger charge is -2.47. The monoisotopic (exact) mass is 427 g/mol. The number of likely N-dealkylation sites (tertiary alicyclic amines) is 1. The van der Waals surface area contributed by atoms with Crippen LogP contribution < -0.4 is 4.90 Å². The molecular weight excluding hydrogens is 401 g/mol. The third kappa shape index (κ3) is 3.84. The number of hydrogen-bond acceptors (Lipinski definition) is 3. The molecule has 0 radical (unpaired) electrons. The van der Waals surface area contributed by atoms with Crippen molar-refractivity contribution in [3.63, 3.8) is 0 Å². The van der Waals surface area contributed by atoms with Crippen molar-refractivity contribution in [2.24, 2.45) is 0 Å². The second kappa shape index (κ2) is 8.32. The molecule has 0 N–H and O–H groups in total. The molecule has 1 saturated heterocycles. The molecule has 2 aromatic carbocycles. The highest BCUT2D eigenvalue weighted by Crippen LogP contribution is 2.41. The van der Waals surface area contributed by atoms with Gasteiger partial charge < -0.3 is 0 Å². The number of aromatic nitrogens is 1. The van der Waals surface area contributed by atoms with Crippen LogP contribution in [-0.2, 0) is 11.3 Å². The molecule has 32 heavy (non-hydrogen) atoms. The fourth-order valence-corrected chi connectivity index (χ4v) is 5.08. The van der Waals surface area contributed by atoms with Crippen molar-refractivity contribution >= 4 is 11.6 Å². The molecule has 1 spiro atoms. The van der Waals surface area contributed by atoms with E-state index in [4.69, 9.17) is 0 Å². The van der Waals surface area contributed by atoms with Crippen LogP contribution in [0.3, 0.4) is 0 Å². The summed E-state index contributed by atoms with van der Waals surface area (Å²) >= 11 is 0. The Morgan fingerprint density at radius 3 is 2.75 bits per heavy atom. The molecule has 162 valence electrons. The maximum Gasteiger partial charge on any atom is 0.251 e. The molecule has 3 aromatic rings. The van der Waals surface area contributed by atoms with Gasteiger partial charge in [-0.2, -0.15) is 0 Å². The van der Waals surface area contributed by atoms with Gasteiger partial charge in [-0.1, -0.05) is 36.4 Å². The normalized spacial score (nSPS) is 23.2. The Balaban J connectivity index is 1.34. The molecule has 5 heteroatoms. The number of rotatable bonds is 4. The van der Waals surface area contributed by atoms with Crippen molar-refractivity contribution < 1.29 is 9.18 Å². The van der Waals surface area contributed by atoms with Gasteiger partial charge in [0.2, 0.25) is 0 Å². The summed E-state index contributed by atoms with van der Waals surface area (Å²) in [5.41, 5.74) is 3.57. The average molecular weight is 428 g/mol. The minimum Gasteiger partial charge on any atom is -0.299 e. The first-order chi connectivity index (χ1) is 15.5. The van der Waals surface area contributed by atoms with Crippen molar-refractivity contribution in [1.82, 2.24) is 9.88 Å². The van der Waals surface area contributed by atoms with E-state index < -0.39 is 5.54 Å². The van der Waals surface area contributed by atoms with E-state index in [1.807, 2.05) is 36.5 Å². The number of nitrogens with zero attached hydrogens (tertiary/aromatic N) is 3. The van der Waals surface area contributed by atoms with Crippen LogP contribution in [0, 0.1) is 5.82 Å². The molecule has 1 amide bonds. The predicted octanol–water partition coefficient (Wildman–Crippen LogP) is 5.21. The van der Waals surface area contributed by atoms with Gasteiger partial charge in [-0.05, 0) is 61.7 Å². The maximum atomic E-state index is 13.9. The molecule has 5 rings (SSSR count). The van der Waals surface area contributed by atoms with Gasteiger partial charge in [-0.25, -0.2) is 4.39 Å². The number of carbonyl (C=O) groups is 1. The van der Waals surface area contributed by atoms with Gasteiger partial charge in [0.1, 0.15) is 5.82 Å². The second-order valence-corrected chi connectivity index (χ2v) is 8.78. The molecule has 1 fully saturated rings. The van der Waals surface area contributed by atoms with Crippen molar-refractivity contribution in [2.45, 2.75) is 37.9 Å². The van der Waals surface area contributed by atoms with E-state index in [1.54, 1.807) is 17.0 Å². The highest BCUT2D eigenvalue weighted by Gasteiger charge is 2.46. The lowest BCUT2D eigenvalue weighted by Crippen LogP contribution is -2.56. The third-order valence-corrected chi connectivity index (χ3v) is 6.65. The van der Waals surface area contributed by atoms with Gasteiger partial charge in [-0.15, -0.1) is 0 Å². The largest absolute Gasteiger partial charge is 0.299 e. The van der Waals surface area contributed by atoms with Crippen LogP contribution in [0.5, 0.6) is 0 Å². The minimum atomic E-state index is -0.392. The number of anilines is 1. The van der Waals surface area contributed by atoms with Crippen LogP contribution in [-0.4, -0.2) is 33.9 Å². The first-order valence-corrected chi connectivity index (χ1v) is 11.1. The summed E-state index contributed by atoms with van der Waals surface area (Å²) in [6, 6.07) is 21.1. The lowest BCUT2D eigenvalue weighted by molar-refractivity contribution is -0.114. The average Bonchev–Trinajstić information content (AvgIpc) is 3.12. The molecule has 4 nitrogen and oxygen atoms in total. The van der Waals surface area contributed by atoms with Crippen LogP contribution in [0.15, 0.2) is 85.1 Å². The van der Waals surface area contributed by atoms with Crippen molar-refractivity contribution in [3.05, 3.63) is 96.5 Å². The number of piperidine rings is 1. The maximum absolute atomic E-state index is 13.9. The zero-order valence-electron chi connectivity index (χ0n) is 18.1. The van der Waals surface area contributed by atoms with Gasteiger partial charge in [0, 0.05) is 42.7 Å². The van der Waals surface area contributed by atoms with Gasteiger partial charge in [0.15, 0.2) is 0 Å². The smallest absolute Gasteiger partial charge is 0.251 e. The number of hydrogen-bond donors (Lipinski definition) is 0. The summed E-state index contributed by atoms with van der Waals surface area (Å²) in [6.07, 6.45) is 7.11. The first-order valence-electron chi connectivity index (χ1n) is 11.1. The number of carbonyl (C=O) groups excluding carboxylic acids is 1. The Morgan fingerprint density at radius 1 is 1.09 bits per heavy atom. The number of pyridine rings is 1. The molecule has 2 aliphatic rings. The SMILES string of the molecule is CC1CC2(C=CC(=O)N2c2cccc(F)c2)CCN1Cc1cccc(-c2ccccn2)c1. The highest BCUT2D eigenvalue weighted by molar-refractivity contribution is 6.06. The Hall–Kier alpha value is -3.31. The molecule has 0 bridgehead atoms. The molecule has 2 atom stereocenters. The van der Waals surface area contributed by atoms with Crippen LogP contribution >= 0.6 is 0 Å². The fraction of sp³-hybridized carbons (Fsp3) is 0.259. The predicted molar refractivity (Wildman–Crippen MR) is 125 cm³/mol. The minimum absolute atomic E-state index is 0.0701. The molecule has 0 saturated carbocycles. The van der Waals surface area contributed by atoms with E-state index in [0.29, 0.717) is 5.69 Å². The van der Waals surface area contributed by atoms with Gasteiger partial charge in [-0.3, -0.25) is 19.6 Å². The van der Waals surface area contributed by atoms with E-state index in [-0.39, 0.29) is 17.8 Å². The summed E-state index contributed by atoms with van der Waals surface area (Å²) in [5, 5.41) is 0. The van der Waals surface area contributed by atoms with E-state index in [0.717, 1.165) is 37.2 Å². The first kappa shape index (κ1) is 20.6. The second-order valence-electron chi connectivity index (χ2n) is 8.78. The van der Waals surface area contributed by atoms with Crippen LogP contribution in [0.1, 0.15) is 25.3 Å². The van der Waals surface area contributed by atoms with E-state index in [2.05, 4.69) is 41.1 Å². The molecule has 0 aliphatic carbocycles. The van der Waals surface area contributed by atoms with E-state index in [1.165, 1.54) is 17.7 Å². The van der Waals surface area contributed by atoms with Crippen molar-refractivity contribution in [2.75, 3.05) is 11.4 Å². The van der Waals surface area contributed by atoms with Crippen molar-refractivity contribution in [1.29, 1.82) is 0 Å². The Kier molecular flexibility index (Phi) is 5.35. The highest BCUT2D eigenvalue weighted by atomic mass is 19.1. The number of benzene rings is 2. The summed E-state index contributed by atoms with van der Waals surface area (Å²) in [4.78, 5) is 21.4. The Labute approximate surface area is 188 Å². The van der Waals surface area contributed by atoms with Crippen LogP contribution in [0.2, 0.25) is 0 Å². The third-order valence-electron chi connectivity index (χ3n) is 6.65. The molecule has 3 heterocycles. The van der Waals surface area contributed by atoms with Crippen LogP contribution in [0.4, 0.5) is 10.1 Å². The standard InChI is InChI=1S/C27H26FN3O/c1-20-18-27(12-11-26(32)31(27)24-9-5-8-23(28)17-24)13-15-30(20)19-21-6-4-7-22(16-21)25-10-2-3-14-29-25/h2-12,14,16-17,20H,13,15,18-19H2,1H3. The zero-order chi connectivity index (χ0) is 22.1. The lowest BCUT2D eigenvalue weighted by atomic mass is 9.82. The van der Waals surface area contributed by atoms with E-state index >= 15 is 0 Å². The summed E-state index contributed by atoms with van der Waals surface area (Å²) in [6.45, 7) is 3.91. The Morgan fingerprint density at radius 2 is 1.97 bits per heavy atom. The number of halogens is 1. The molecule has 2 aliphatic heterocycles. The quantitative estimate of drug-likeness (QED) is 0.573. The van der Waals surface area contributed by atoms with Crippen molar-refractivity contribution in [3.8, 4) is 11.3 Å². The topological polar surface area (TPSA) is 36.4 Å². The Bertz CT molecular complexity index is 1160. The zero-order valence-corrected chi connectivity index (χ0v) is 18.1. The van der Waals surface area contributed by atoms with Gasteiger partial charge in [0.25, 0.3) is 5.91 Å². The van der Waals surface area contributed by atoms with Gasteiger partial charge >= 0.3 is 0 Å². The summed E-state index contributed by atoms with van der Waals surface area (Å²) in [5.74, 6) is -0.394. The summed E-state index contributed by atoms with van der Waals surface area (Å²) < 4.78 is 13.9. The molecular formula is C27H26FN3O. The fourth-order valence-electron chi connectivity index (χ4n) is 5.08. The summed E-state index contributed by atoms with van der Waals surface area (Å²) in [7, 11) is 0. The van der Waals surface area contributed by atoms with Crippen LogP contribution in [0.25, 0.3) is 11.3 Å². The van der Waals surface area contributed by atoms with E-state index in [9.17, 15) is 9.18 Å². The molecule has 2 unspecified atom stereocenters.